The Bertz CT molecular complexity index is 435. The van der Waals surface area contributed by atoms with Crippen molar-refractivity contribution in [2.75, 3.05) is 18.4 Å². The molecule has 1 fully saturated rings. The highest BCUT2D eigenvalue weighted by molar-refractivity contribution is 9.10. The third kappa shape index (κ3) is 3.93. The molecule has 1 aliphatic heterocycles. The first-order valence-electron chi connectivity index (χ1n) is 5.97. The largest absolute Gasteiger partial charge is 0.324 e. The molecule has 0 radical (unpaired) electrons. The number of amides is 1. The van der Waals surface area contributed by atoms with Crippen molar-refractivity contribution in [1.82, 2.24) is 10.3 Å². The standard InChI is InChI=1S/C12H15BrClN3O/c13-12-10(5-9(14)7-16-12)17-11(18)2-1-8-3-4-15-6-8/h5,7-8,15H,1-4,6H2,(H,17,18). The number of nitrogens with one attached hydrogen (secondary N) is 2. The molecule has 0 aromatic carbocycles. The minimum Gasteiger partial charge on any atom is -0.324 e. The van der Waals surface area contributed by atoms with Crippen LogP contribution in [0.3, 0.4) is 0 Å². The summed E-state index contributed by atoms with van der Waals surface area (Å²) in [6.07, 6.45) is 4.15. The summed E-state index contributed by atoms with van der Waals surface area (Å²) >= 11 is 9.12. The summed E-state index contributed by atoms with van der Waals surface area (Å²) < 4.78 is 0.600. The van der Waals surface area contributed by atoms with Gasteiger partial charge in [0, 0.05) is 12.6 Å². The van der Waals surface area contributed by atoms with Crippen molar-refractivity contribution in [2.45, 2.75) is 19.3 Å². The number of carbonyl (C=O) groups excluding carboxylic acids is 1. The summed E-state index contributed by atoms with van der Waals surface area (Å²) in [6.45, 7) is 2.09. The molecule has 0 aliphatic carbocycles. The second kappa shape index (κ2) is 6.50. The Hall–Kier alpha value is -0.650. The molecule has 18 heavy (non-hydrogen) atoms. The van der Waals surface area contributed by atoms with Crippen LogP contribution in [0.25, 0.3) is 0 Å². The normalized spacial score (nSPS) is 18.9. The molecule has 0 saturated carbocycles. The highest BCUT2D eigenvalue weighted by Crippen LogP contribution is 2.23. The average molecular weight is 333 g/mol. The van der Waals surface area contributed by atoms with Gasteiger partial charge in [0.2, 0.25) is 5.91 Å². The maximum atomic E-state index is 11.8. The predicted molar refractivity (Wildman–Crippen MR) is 75.8 cm³/mol. The van der Waals surface area contributed by atoms with E-state index in [0.717, 1.165) is 25.9 Å². The van der Waals surface area contributed by atoms with Crippen molar-refractivity contribution in [3.8, 4) is 0 Å². The zero-order valence-electron chi connectivity index (χ0n) is 9.88. The lowest BCUT2D eigenvalue weighted by atomic mass is 10.0. The topological polar surface area (TPSA) is 54.0 Å². The fourth-order valence-electron chi connectivity index (χ4n) is 2.02. The second-order valence-electron chi connectivity index (χ2n) is 4.44. The Kier molecular flexibility index (Phi) is 4.97. The van der Waals surface area contributed by atoms with Gasteiger partial charge in [-0.2, -0.15) is 0 Å². The van der Waals surface area contributed by atoms with Crippen LogP contribution < -0.4 is 10.6 Å². The van der Waals surface area contributed by atoms with Crippen LogP contribution in [0.5, 0.6) is 0 Å². The Labute approximate surface area is 120 Å². The highest BCUT2D eigenvalue weighted by atomic mass is 79.9. The Morgan fingerprint density at radius 1 is 1.67 bits per heavy atom. The molecule has 1 aromatic rings. The van der Waals surface area contributed by atoms with Crippen molar-refractivity contribution >= 4 is 39.1 Å². The number of hydrogen-bond acceptors (Lipinski definition) is 3. The van der Waals surface area contributed by atoms with Crippen molar-refractivity contribution in [3.63, 3.8) is 0 Å². The van der Waals surface area contributed by atoms with Gasteiger partial charge in [-0.05, 0) is 53.8 Å². The fraction of sp³-hybridized carbons (Fsp3) is 0.500. The van der Waals surface area contributed by atoms with Crippen LogP contribution in [0.15, 0.2) is 16.9 Å². The van der Waals surface area contributed by atoms with Gasteiger partial charge >= 0.3 is 0 Å². The van der Waals surface area contributed by atoms with Crippen LogP contribution in [0, 0.1) is 5.92 Å². The SMILES string of the molecule is O=C(CCC1CCNC1)Nc1cc(Cl)cnc1Br. The van der Waals surface area contributed by atoms with E-state index in [0.29, 0.717) is 27.7 Å². The number of pyridine rings is 1. The highest BCUT2D eigenvalue weighted by Gasteiger charge is 2.16. The molecule has 2 N–H and O–H groups in total. The quantitative estimate of drug-likeness (QED) is 0.834. The van der Waals surface area contributed by atoms with E-state index in [2.05, 4.69) is 31.5 Å². The number of halogens is 2. The van der Waals surface area contributed by atoms with Gasteiger partial charge in [0.15, 0.2) is 0 Å². The molecule has 2 rings (SSSR count). The van der Waals surface area contributed by atoms with Crippen molar-refractivity contribution in [1.29, 1.82) is 0 Å². The number of rotatable bonds is 4. The Balaban J connectivity index is 1.84. The van der Waals surface area contributed by atoms with E-state index >= 15 is 0 Å². The van der Waals surface area contributed by atoms with E-state index in [1.807, 2.05) is 0 Å². The lowest BCUT2D eigenvalue weighted by Crippen LogP contribution is -2.15. The maximum absolute atomic E-state index is 11.8. The second-order valence-corrected chi connectivity index (χ2v) is 5.63. The fourth-order valence-corrected chi connectivity index (χ4v) is 2.49. The number of hydrogen-bond donors (Lipinski definition) is 2. The molecule has 4 nitrogen and oxygen atoms in total. The van der Waals surface area contributed by atoms with Gasteiger partial charge < -0.3 is 10.6 Å². The summed E-state index contributed by atoms with van der Waals surface area (Å²) in [5, 5.41) is 6.63. The number of carbonyl (C=O) groups is 1. The zero-order valence-corrected chi connectivity index (χ0v) is 12.2. The van der Waals surface area contributed by atoms with Crippen LogP contribution in [-0.4, -0.2) is 24.0 Å². The molecule has 1 amide bonds. The van der Waals surface area contributed by atoms with Crippen molar-refractivity contribution in [3.05, 3.63) is 21.9 Å². The summed E-state index contributed by atoms with van der Waals surface area (Å²) in [7, 11) is 0. The van der Waals surface area contributed by atoms with Gasteiger partial charge in [-0.3, -0.25) is 4.79 Å². The van der Waals surface area contributed by atoms with Gasteiger partial charge in [0.05, 0.1) is 10.7 Å². The predicted octanol–water partition coefficient (Wildman–Crippen LogP) is 2.83. The maximum Gasteiger partial charge on any atom is 0.224 e. The van der Waals surface area contributed by atoms with Crippen LogP contribution in [0.1, 0.15) is 19.3 Å². The lowest BCUT2D eigenvalue weighted by molar-refractivity contribution is -0.116. The molecule has 2 heterocycles. The Morgan fingerprint density at radius 2 is 2.50 bits per heavy atom. The molecule has 1 saturated heterocycles. The molecule has 0 bridgehead atoms. The molecule has 6 heteroatoms. The van der Waals surface area contributed by atoms with E-state index in [9.17, 15) is 4.79 Å². The van der Waals surface area contributed by atoms with Crippen molar-refractivity contribution in [2.24, 2.45) is 5.92 Å². The third-order valence-corrected chi connectivity index (χ3v) is 3.86. The van der Waals surface area contributed by atoms with E-state index in [1.54, 1.807) is 6.07 Å². The van der Waals surface area contributed by atoms with Crippen molar-refractivity contribution < 1.29 is 4.79 Å². The zero-order chi connectivity index (χ0) is 13.0. The van der Waals surface area contributed by atoms with Gasteiger partial charge in [0.1, 0.15) is 4.60 Å². The van der Waals surface area contributed by atoms with Gasteiger partial charge in [-0.15, -0.1) is 0 Å². The molecule has 98 valence electrons. The minimum atomic E-state index is 0.00617. The third-order valence-electron chi connectivity index (χ3n) is 3.02. The first-order valence-corrected chi connectivity index (χ1v) is 7.14. The molecule has 1 aromatic heterocycles. The summed E-state index contributed by atoms with van der Waals surface area (Å²) in [5.74, 6) is 0.628. The first kappa shape index (κ1) is 13.8. The summed E-state index contributed by atoms with van der Waals surface area (Å²) in [6, 6.07) is 1.69. The van der Waals surface area contributed by atoms with E-state index in [4.69, 9.17) is 11.6 Å². The molecule has 1 atom stereocenters. The molecular formula is C12H15BrClN3O. The van der Waals surface area contributed by atoms with Crippen LogP contribution in [-0.2, 0) is 4.79 Å². The Morgan fingerprint density at radius 3 is 3.22 bits per heavy atom. The van der Waals surface area contributed by atoms with Crippen LogP contribution in [0.4, 0.5) is 5.69 Å². The molecule has 1 aliphatic rings. The summed E-state index contributed by atoms with van der Waals surface area (Å²) in [5.41, 5.74) is 0.622. The monoisotopic (exact) mass is 331 g/mol. The van der Waals surface area contributed by atoms with Gasteiger partial charge in [-0.25, -0.2) is 4.98 Å². The number of aromatic nitrogens is 1. The molecule has 0 spiro atoms. The van der Waals surface area contributed by atoms with E-state index in [1.165, 1.54) is 6.20 Å². The summed E-state index contributed by atoms with van der Waals surface area (Å²) in [4.78, 5) is 15.8. The number of nitrogens with zero attached hydrogens (tertiary/aromatic N) is 1. The lowest BCUT2D eigenvalue weighted by Gasteiger charge is -2.09. The van der Waals surface area contributed by atoms with Gasteiger partial charge in [-0.1, -0.05) is 11.6 Å². The van der Waals surface area contributed by atoms with Crippen LogP contribution >= 0.6 is 27.5 Å². The molecular weight excluding hydrogens is 318 g/mol. The number of anilines is 1. The smallest absolute Gasteiger partial charge is 0.224 e. The van der Waals surface area contributed by atoms with Gasteiger partial charge in [0.25, 0.3) is 0 Å². The van der Waals surface area contributed by atoms with E-state index < -0.39 is 0 Å². The van der Waals surface area contributed by atoms with Crippen LogP contribution in [0.2, 0.25) is 5.02 Å². The minimum absolute atomic E-state index is 0.00617. The molecule has 1 unspecified atom stereocenters. The first-order chi connectivity index (χ1) is 8.65. The van der Waals surface area contributed by atoms with E-state index in [-0.39, 0.29) is 5.91 Å². The average Bonchev–Trinajstić information content (AvgIpc) is 2.84.